The van der Waals surface area contributed by atoms with E-state index in [1.54, 1.807) is 0 Å². The highest BCUT2D eigenvalue weighted by Gasteiger charge is 2.25. The third-order valence-corrected chi connectivity index (χ3v) is 22.1. The van der Waals surface area contributed by atoms with Crippen molar-refractivity contribution in [2.75, 3.05) is 9.80 Å². The molecule has 6 heteroatoms. The first kappa shape index (κ1) is 65.3. The molecular formula is C106H70N4O2. The summed E-state index contributed by atoms with van der Waals surface area (Å²) >= 11 is 0. The van der Waals surface area contributed by atoms with Gasteiger partial charge in [-0.15, -0.1) is 0 Å². The molecule has 0 spiro atoms. The lowest BCUT2D eigenvalue weighted by molar-refractivity contribution is 0.673. The van der Waals surface area contributed by atoms with Crippen LogP contribution in [0.2, 0.25) is 0 Å². The molecule has 0 fully saturated rings. The highest BCUT2D eigenvalue weighted by molar-refractivity contribution is 6.20. The zero-order valence-corrected chi connectivity index (χ0v) is 61.0. The Bertz CT molecular complexity index is 7160. The average molecular weight is 1430 g/mol. The second kappa shape index (κ2) is 27.7. The Morgan fingerprint density at radius 2 is 0.509 bits per heavy atom. The Morgan fingerprint density at radius 1 is 0.179 bits per heavy atom. The van der Waals surface area contributed by atoms with Gasteiger partial charge in [-0.05, 0) is 216 Å². The van der Waals surface area contributed by atoms with Crippen LogP contribution in [0.3, 0.4) is 0 Å². The quantitative estimate of drug-likeness (QED) is 0.115. The number of nitrogens with zero attached hydrogens (tertiary/aromatic N) is 4. The minimum absolute atomic E-state index is 0.880. The summed E-state index contributed by atoms with van der Waals surface area (Å²) in [6.45, 7) is 0. The van der Waals surface area contributed by atoms with Gasteiger partial charge in [0.2, 0.25) is 0 Å². The van der Waals surface area contributed by atoms with Gasteiger partial charge in [0, 0.05) is 78.2 Å². The Labute approximate surface area is 647 Å². The van der Waals surface area contributed by atoms with E-state index in [-0.39, 0.29) is 0 Å². The number of anilines is 6. The number of aromatic nitrogens is 2. The van der Waals surface area contributed by atoms with Crippen LogP contribution >= 0.6 is 0 Å². The molecule has 0 N–H and O–H groups in total. The van der Waals surface area contributed by atoms with Gasteiger partial charge in [-0.1, -0.05) is 285 Å². The molecule has 0 aliphatic carbocycles. The van der Waals surface area contributed by atoms with E-state index < -0.39 is 0 Å². The summed E-state index contributed by atoms with van der Waals surface area (Å²) in [6.07, 6.45) is 0. The maximum atomic E-state index is 6.96. The zero-order valence-electron chi connectivity index (χ0n) is 61.0. The fourth-order valence-electron chi connectivity index (χ4n) is 16.9. The van der Waals surface area contributed by atoms with Crippen LogP contribution in [0.15, 0.2) is 433 Å². The fourth-order valence-corrected chi connectivity index (χ4v) is 16.9. The standard InChI is InChI=1S/C58H38N2O.C48H32N2O/c1-2-19-44(20-3-1)60-55-29-9-8-24-53(55)58-56(60)54-28-13-27-52(57(54)61-58)43-18-10-21-47(38-43)59(45-34-30-41(31-35-45)50-25-11-16-39-14-4-6-22-48(39)50)46-36-32-42(33-37-46)51-26-12-17-40-15-5-7-23-49(40)51;1-3-16-38(17-4-1)49(40-29-27-34(28-30-40)36-26-25-33-13-7-8-14-35(33)31-36)41-20-11-15-37(32-41)42-22-12-23-44-46-48(51-47(42)44)43-21-9-10-24-45(43)50(46)39-18-5-2-6-19-39/h1-38H;1-32H. The van der Waals surface area contributed by atoms with Gasteiger partial charge < -0.3 is 27.8 Å². The number of benzene rings is 18. The smallest absolute Gasteiger partial charge is 0.161 e. The van der Waals surface area contributed by atoms with Crippen LogP contribution in [0.1, 0.15) is 0 Å². The minimum Gasteiger partial charge on any atom is -0.453 e. The third-order valence-electron chi connectivity index (χ3n) is 22.1. The lowest BCUT2D eigenvalue weighted by Gasteiger charge is -2.26. The molecule has 0 amide bonds. The molecule has 0 aliphatic heterocycles. The van der Waals surface area contributed by atoms with E-state index in [2.05, 4.69) is 444 Å². The first-order chi connectivity index (χ1) is 55.6. The van der Waals surface area contributed by atoms with Gasteiger partial charge in [-0.25, -0.2) is 0 Å². The summed E-state index contributed by atoms with van der Waals surface area (Å²) < 4.78 is 18.5. The van der Waals surface area contributed by atoms with Crippen molar-refractivity contribution in [1.29, 1.82) is 0 Å². The van der Waals surface area contributed by atoms with E-state index in [4.69, 9.17) is 8.83 Å². The monoisotopic (exact) mass is 1430 g/mol. The molecule has 0 saturated carbocycles. The molecule has 18 aromatic carbocycles. The molecule has 0 unspecified atom stereocenters. The molecule has 4 heterocycles. The van der Waals surface area contributed by atoms with Crippen molar-refractivity contribution < 1.29 is 8.83 Å². The van der Waals surface area contributed by atoms with Gasteiger partial charge >= 0.3 is 0 Å². The normalized spacial score (nSPS) is 11.6. The van der Waals surface area contributed by atoms with Crippen molar-refractivity contribution in [2.24, 2.45) is 0 Å². The molecule has 0 aliphatic rings. The average Bonchev–Trinajstić information content (AvgIpc) is 1.56. The lowest BCUT2D eigenvalue weighted by Crippen LogP contribution is -2.10. The third kappa shape index (κ3) is 11.4. The van der Waals surface area contributed by atoms with E-state index in [9.17, 15) is 0 Å². The maximum Gasteiger partial charge on any atom is 0.161 e. The summed E-state index contributed by atoms with van der Waals surface area (Å²) in [4.78, 5) is 4.68. The summed E-state index contributed by atoms with van der Waals surface area (Å²) in [7, 11) is 0. The number of rotatable bonds is 13. The molecule has 0 saturated heterocycles. The zero-order chi connectivity index (χ0) is 74.0. The molecule has 4 aromatic heterocycles. The van der Waals surface area contributed by atoms with Gasteiger partial charge in [-0.3, -0.25) is 0 Å². The first-order valence-corrected chi connectivity index (χ1v) is 38.2. The van der Waals surface area contributed by atoms with E-state index in [1.807, 2.05) is 0 Å². The second-order valence-electron chi connectivity index (χ2n) is 28.7. The van der Waals surface area contributed by atoms with Crippen LogP contribution in [-0.2, 0) is 0 Å². The molecule has 526 valence electrons. The number of furan rings is 2. The van der Waals surface area contributed by atoms with E-state index in [0.29, 0.717) is 0 Å². The number of fused-ring (bicyclic) bond motifs is 13. The van der Waals surface area contributed by atoms with Gasteiger partial charge in [0.1, 0.15) is 22.2 Å². The minimum atomic E-state index is 0.880. The molecule has 22 aromatic rings. The summed E-state index contributed by atoms with van der Waals surface area (Å²) in [5, 5.41) is 11.9. The Morgan fingerprint density at radius 3 is 0.982 bits per heavy atom. The Kier molecular flexibility index (Phi) is 16.1. The SMILES string of the molecule is c1ccc(-n2c3ccccc3c3oc4c(-c5cccc(N(c6ccc(-c7cccc8ccccc78)cc6)c6ccc(-c7cccc8ccccc78)cc6)c5)cccc4c32)cc1.c1ccc(N(c2ccc(-c3ccc4ccccc4c3)cc2)c2cccc(-c3cccc4c3oc3c5ccccc5n(-c5ccccc5)c43)c2)cc1. The Balaban J connectivity index is 0.000000144. The van der Waals surface area contributed by atoms with Gasteiger partial charge in [0.05, 0.1) is 11.0 Å². The summed E-state index contributed by atoms with van der Waals surface area (Å²) in [5.74, 6) is 0. The van der Waals surface area contributed by atoms with Crippen LogP contribution in [-0.4, -0.2) is 9.13 Å². The molecule has 0 bridgehead atoms. The van der Waals surface area contributed by atoms with Crippen molar-refractivity contribution in [3.8, 4) is 67.0 Å². The first-order valence-electron chi connectivity index (χ1n) is 38.2. The van der Waals surface area contributed by atoms with Crippen molar-refractivity contribution in [1.82, 2.24) is 9.13 Å². The molecule has 0 atom stereocenters. The molecule has 112 heavy (non-hydrogen) atoms. The maximum absolute atomic E-state index is 6.96. The molecular weight excluding hydrogens is 1360 g/mol. The van der Waals surface area contributed by atoms with Gasteiger partial charge in [-0.2, -0.15) is 0 Å². The highest BCUT2D eigenvalue weighted by atomic mass is 16.3. The van der Waals surface area contributed by atoms with Gasteiger partial charge in [0.15, 0.2) is 11.2 Å². The van der Waals surface area contributed by atoms with Crippen LogP contribution in [0.25, 0.3) is 165 Å². The number of hydrogen-bond donors (Lipinski definition) is 0. The fraction of sp³-hybridized carbons (Fsp3) is 0. The summed E-state index contributed by atoms with van der Waals surface area (Å²) in [5.41, 5.74) is 28.2. The van der Waals surface area contributed by atoms with Crippen molar-refractivity contribution in [2.45, 2.75) is 0 Å². The lowest BCUT2D eigenvalue weighted by atomic mass is 9.97. The number of hydrogen-bond acceptors (Lipinski definition) is 4. The topological polar surface area (TPSA) is 42.6 Å². The van der Waals surface area contributed by atoms with E-state index in [0.717, 1.165) is 134 Å². The predicted molar refractivity (Wildman–Crippen MR) is 470 cm³/mol. The highest BCUT2D eigenvalue weighted by Crippen LogP contribution is 2.48. The van der Waals surface area contributed by atoms with E-state index in [1.165, 1.54) is 65.7 Å². The van der Waals surface area contributed by atoms with E-state index >= 15 is 0 Å². The van der Waals surface area contributed by atoms with Crippen LogP contribution in [0.5, 0.6) is 0 Å². The second-order valence-corrected chi connectivity index (χ2v) is 28.7. The van der Waals surface area contributed by atoms with Crippen LogP contribution in [0, 0.1) is 0 Å². The number of para-hydroxylation sites is 7. The van der Waals surface area contributed by atoms with Crippen molar-refractivity contribution in [3.63, 3.8) is 0 Å². The van der Waals surface area contributed by atoms with Crippen LogP contribution < -0.4 is 9.80 Å². The van der Waals surface area contributed by atoms with Crippen molar-refractivity contribution in [3.05, 3.63) is 425 Å². The van der Waals surface area contributed by atoms with Crippen LogP contribution in [0.4, 0.5) is 34.1 Å². The Hall–Kier alpha value is -15.0. The van der Waals surface area contributed by atoms with Crippen molar-refractivity contribution >= 4 is 132 Å². The van der Waals surface area contributed by atoms with Gasteiger partial charge in [0.25, 0.3) is 0 Å². The summed E-state index contributed by atoms with van der Waals surface area (Å²) in [6, 6.07) is 152. The predicted octanol–water partition coefficient (Wildman–Crippen LogP) is 29.8. The molecule has 0 radical (unpaired) electrons. The largest absolute Gasteiger partial charge is 0.453 e. The molecule has 6 nitrogen and oxygen atoms in total. The molecule has 22 rings (SSSR count).